The molecule has 1 aliphatic heterocycles. The zero-order chi connectivity index (χ0) is 17.6. The van der Waals surface area contributed by atoms with Gasteiger partial charge in [0.15, 0.2) is 5.78 Å². The minimum atomic E-state index is -0.331. The van der Waals surface area contributed by atoms with E-state index >= 15 is 0 Å². The van der Waals surface area contributed by atoms with Crippen LogP contribution in [0.25, 0.3) is 0 Å². The first-order valence-corrected chi connectivity index (χ1v) is 8.63. The van der Waals surface area contributed by atoms with Crippen molar-refractivity contribution in [3.63, 3.8) is 0 Å². The minimum absolute atomic E-state index is 0.143. The first-order valence-electron chi connectivity index (χ1n) is 8.25. The molecule has 0 bridgehead atoms. The maximum atomic E-state index is 11.8. The van der Waals surface area contributed by atoms with Crippen LogP contribution in [0.4, 0.5) is 0 Å². The van der Waals surface area contributed by atoms with Gasteiger partial charge in [0.1, 0.15) is 11.9 Å². The molecule has 0 aliphatic carbocycles. The molecule has 1 atom stereocenters. The smallest absolute Gasteiger partial charge is 0.321 e. The van der Waals surface area contributed by atoms with Crippen LogP contribution in [0.1, 0.15) is 18.9 Å². The average molecular weight is 362 g/mol. The van der Waals surface area contributed by atoms with Crippen LogP contribution >= 0.6 is 11.6 Å². The Morgan fingerprint density at radius 1 is 1.36 bits per heavy atom. The van der Waals surface area contributed by atoms with Gasteiger partial charge in [0.25, 0.3) is 0 Å². The molecular formula is C18H20ClN3O3. The van der Waals surface area contributed by atoms with E-state index in [2.05, 4.69) is 14.9 Å². The zero-order valence-electron chi connectivity index (χ0n) is 14.0. The van der Waals surface area contributed by atoms with Gasteiger partial charge in [-0.1, -0.05) is 30.7 Å². The molecule has 25 heavy (non-hydrogen) atoms. The summed E-state index contributed by atoms with van der Waals surface area (Å²) < 4.78 is 11.1. The lowest BCUT2D eigenvalue weighted by molar-refractivity contribution is -0.136. The van der Waals surface area contributed by atoms with Crippen LogP contribution in [-0.2, 0) is 16.1 Å². The lowest BCUT2D eigenvalue weighted by Gasteiger charge is -2.31. The maximum absolute atomic E-state index is 11.8. The molecule has 1 aromatic heterocycles. The van der Waals surface area contributed by atoms with Crippen LogP contribution in [0.5, 0.6) is 11.8 Å². The Kier molecular flexibility index (Phi) is 5.96. The van der Waals surface area contributed by atoms with Crippen molar-refractivity contribution >= 4 is 17.4 Å². The molecular weight excluding hydrogens is 342 g/mol. The summed E-state index contributed by atoms with van der Waals surface area (Å²) in [6, 6.07) is 7.42. The number of rotatable bonds is 6. The number of nitrogens with zero attached hydrogens (tertiary/aromatic N) is 3. The van der Waals surface area contributed by atoms with Crippen LogP contribution in [0.3, 0.4) is 0 Å². The van der Waals surface area contributed by atoms with Crippen molar-refractivity contribution < 1.29 is 14.3 Å². The first-order chi connectivity index (χ1) is 12.2. The number of carbonyl (C=O) groups excluding carboxylic acids is 1. The molecule has 0 amide bonds. The molecule has 0 spiro atoms. The average Bonchev–Trinajstić information content (AvgIpc) is 2.65. The second kappa shape index (κ2) is 8.38. The zero-order valence-corrected chi connectivity index (χ0v) is 14.8. The van der Waals surface area contributed by atoms with E-state index in [1.54, 1.807) is 24.5 Å². The van der Waals surface area contributed by atoms with Crippen molar-refractivity contribution in [3.8, 4) is 11.8 Å². The van der Waals surface area contributed by atoms with E-state index in [9.17, 15) is 4.79 Å². The van der Waals surface area contributed by atoms with Crippen LogP contribution in [-0.4, -0.2) is 46.5 Å². The third-order valence-electron chi connectivity index (χ3n) is 3.98. The highest BCUT2D eigenvalue weighted by atomic mass is 35.5. The number of benzene rings is 1. The standard InChI is InChI=1S/C18H20ClN3O3/c1-2-15(23)17-12-22(7-8-24-17)11-13-9-20-18(21-10-13)25-16-6-4-3-5-14(16)19/h3-6,9-10,17H,2,7-8,11-12H2,1H3/t17-/m0/s1. The van der Waals surface area contributed by atoms with Crippen molar-refractivity contribution in [1.82, 2.24) is 14.9 Å². The van der Waals surface area contributed by atoms with Crippen LogP contribution in [0.2, 0.25) is 5.02 Å². The molecule has 3 rings (SSSR count). The number of ketones is 1. The van der Waals surface area contributed by atoms with Gasteiger partial charge in [0.05, 0.1) is 11.6 Å². The summed E-state index contributed by atoms with van der Waals surface area (Å²) in [5.74, 6) is 0.662. The molecule has 1 fully saturated rings. The van der Waals surface area contributed by atoms with Crippen molar-refractivity contribution in [2.45, 2.75) is 26.0 Å². The SMILES string of the molecule is CCC(=O)[C@@H]1CN(Cc2cnc(Oc3ccccc3Cl)nc2)CCO1. The Hall–Kier alpha value is -2.02. The highest BCUT2D eigenvalue weighted by Crippen LogP contribution is 2.26. The van der Waals surface area contributed by atoms with Gasteiger partial charge in [0, 0.05) is 44.0 Å². The van der Waals surface area contributed by atoms with E-state index in [1.807, 2.05) is 19.1 Å². The molecule has 132 valence electrons. The quantitative estimate of drug-likeness (QED) is 0.787. The van der Waals surface area contributed by atoms with Gasteiger partial charge in [-0.2, -0.15) is 0 Å². The fraction of sp³-hybridized carbons (Fsp3) is 0.389. The molecule has 1 saturated heterocycles. The lowest BCUT2D eigenvalue weighted by Crippen LogP contribution is -2.45. The number of morpholine rings is 1. The Morgan fingerprint density at radius 2 is 2.12 bits per heavy atom. The largest absolute Gasteiger partial charge is 0.423 e. The molecule has 2 heterocycles. The van der Waals surface area contributed by atoms with Gasteiger partial charge < -0.3 is 9.47 Å². The Labute approximate surface area is 151 Å². The van der Waals surface area contributed by atoms with Crippen LogP contribution in [0.15, 0.2) is 36.7 Å². The third kappa shape index (κ3) is 4.75. The van der Waals surface area contributed by atoms with E-state index in [4.69, 9.17) is 21.1 Å². The summed E-state index contributed by atoms with van der Waals surface area (Å²) in [7, 11) is 0. The van der Waals surface area contributed by atoms with Crippen molar-refractivity contribution in [3.05, 3.63) is 47.2 Å². The summed E-state index contributed by atoms with van der Waals surface area (Å²) >= 11 is 6.06. The third-order valence-corrected chi connectivity index (χ3v) is 4.30. The van der Waals surface area contributed by atoms with E-state index in [-0.39, 0.29) is 17.9 Å². The normalized spacial score (nSPS) is 18.1. The fourth-order valence-electron chi connectivity index (χ4n) is 2.63. The molecule has 0 radical (unpaired) electrons. The second-order valence-corrected chi connectivity index (χ2v) is 6.23. The Bertz CT molecular complexity index is 724. The Morgan fingerprint density at radius 3 is 2.84 bits per heavy atom. The van der Waals surface area contributed by atoms with E-state index in [0.29, 0.717) is 36.9 Å². The number of hydrogen-bond acceptors (Lipinski definition) is 6. The molecule has 0 unspecified atom stereocenters. The summed E-state index contributed by atoms with van der Waals surface area (Å²) in [6.07, 6.45) is 3.62. The lowest BCUT2D eigenvalue weighted by atomic mass is 10.1. The summed E-state index contributed by atoms with van der Waals surface area (Å²) in [6.45, 7) is 4.47. The van der Waals surface area contributed by atoms with Gasteiger partial charge in [-0.15, -0.1) is 0 Å². The topological polar surface area (TPSA) is 64.6 Å². The van der Waals surface area contributed by atoms with E-state index < -0.39 is 0 Å². The predicted molar refractivity (Wildman–Crippen MR) is 93.9 cm³/mol. The number of carbonyl (C=O) groups is 1. The summed E-state index contributed by atoms with van der Waals surface area (Å²) in [4.78, 5) is 22.5. The monoisotopic (exact) mass is 361 g/mol. The number of halogens is 1. The highest BCUT2D eigenvalue weighted by Gasteiger charge is 2.25. The molecule has 0 N–H and O–H groups in total. The maximum Gasteiger partial charge on any atom is 0.321 e. The van der Waals surface area contributed by atoms with Gasteiger partial charge in [0.2, 0.25) is 0 Å². The van der Waals surface area contributed by atoms with E-state index in [0.717, 1.165) is 12.1 Å². The molecule has 2 aromatic rings. The first kappa shape index (κ1) is 17.8. The summed E-state index contributed by atoms with van der Waals surface area (Å²) in [5, 5.41) is 0.509. The van der Waals surface area contributed by atoms with E-state index in [1.165, 1.54) is 0 Å². The van der Waals surface area contributed by atoms with Crippen molar-refractivity contribution in [2.75, 3.05) is 19.7 Å². The molecule has 6 nitrogen and oxygen atoms in total. The molecule has 1 aromatic carbocycles. The van der Waals surface area contributed by atoms with Crippen molar-refractivity contribution in [1.29, 1.82) is 0 Å². The van der Waals surface area contributed by atoms with Gasteiger partial charge in [-0.25, -0.2) is 9.97 Å². The number of hydrogen-bond donors (Lipinski definition) is 0. The number of ether oxygens (including phenoxy) is 2. The molecule has 7 heteroatoms. The number of para-hydroxylation sites is 1. The second-order valence-electron chi connectivity index (χ2n) is 5.82. The molecule has 0 saturated carbocycles. The van der Waals surface area contributed by atoms with Crippen molar-refractivity contribution in [2.24, 2.45) is 0 Å². The highest BCUT2D eigenvalue weighted by molar-refractivity contribution is 6.32. The number of aromatic nitrogens is 2. The minimum Gasteiger partial charge on any atom is -0.423 e. The molecule has 1 aliphatic rings. The fourth-order valence-corrected chi connectivity index (χ4v) is 2.80. The number of Topliss-reactive ketones (excluding diaryl/α,β-unsaturated/α-hetero) is 1. The summed E-state index contributed by atoms with van der Waals surface area (Å²) in [5.41, 5.74) is 0.955. The van der Waals surface area contributed by atoms with Gasteiger partial charge in [-0.05, 0) is 12.1 Å². The Balaban J connectivity index is 1.59. The van der Waals surface area contributed by atoms with Gasteiger partial charge in [-0.3, -0.25) is 9.69 Å². The van der Waals surface area contributed by atoms with Gasteiger partial charge >= 0.3 is 6.01 Å². The predicted octanol–water partition coefficient (Wildman–Crippen LogP) is 3.10. The van der Waals surface area contributed by atoms with Crippen LogP contribution < -0.4 is 4.74 Å². The van der Waals surface area contributed by atoms with Crippen LogP contribution in [0, 0.1) is 0 Å².